The first-order chi connectivity index (χ1) is 9.45. The summed E-state index contributed by atoms with van der Waals surface area (Å²) in [5, 5.41) is 8.01. The number of halogens is 2. The van der Waals surface area contributed by atoms with Crippen molar-refractivity contribution >= 4 is 40.5 Å². The molecule has 3 N–H and O–H groups in total. The van der Waals surface area contributed by atoms with Crippen LogP contribution in [0.2, 0.25) is 10.0 Å². The van der Waals surface area contributed by atoms with Crippen LogP contribution in [0, 0.1) is 6.92 Å². The minimum absolute atomic E-state index is 0.164. The van der Waals surface area contributed by atoms with Crippen LogP contribution >= 0.6 is 23.2 Å². The quantitative estimate of drug-likeness (QED) is 0.852. The predicted octanol–water partition coefficient (Wildman–Crippen LogP) is 3.11. The second-order valence-corrected chi connectivity index (χ2v) is 5.20. The van der Waals surface area contributed by atoms with E-state index in [4.69, 9.17) is 28.9 Å². The Morgan fingerprint density at radius 3 is 2.85 bits per heavy atom. The van der Waals surface area contributed by atoms with Crippen molar-refractivity contribution < 1.29 is 4.79 Å². The molecule has 0 aliphatic rings. The number of nitrogens with one attached hydrogen (secondary N) is 1. The number of anilines is 2. The molecule has 0 saturated heterocycles. The lowest BCUT2D eigenvalue weighted by Crippen LogP contribution is -2.15. The third kappa shape index (κ3) is 3.65. The van der Waals surface area contributed by atoms with Crippen LogP contribution in [0.25, 0.3) is 0 Å². The summed E-state index contributed by atoms with van der Waals surface area (Å²) in [6.45, 7) is 2.26. The molecule has 0 unspecified atom stereocenters. The molecular formula is C13H14Cl2N4O. The van der Waals surface area contributed by atoms with Gasteiger partial charge in [0, 0.05) is 24.2 Å². The fourth-order valence-electron chi connectivity index (χ4n) is 1.67. The lowest BCUT2D eigenvalue weighted by atomic mass is 10.2. The smallest absolute Gasteiger partial charge is 0.226 e. The van der Waals surface area contributed by atoms with Crippen LogP contribution in [0.4, 0.5) is 11.4 Å². The molecule has 1 aromatic heterocycles. The lowest BCUT2D eigenvalue weighted by molar-refractivity contribution is -0.116. The topological polar surface area (TPSA) is 72.9 Å². The molecule has 106 valence electrons. The Labute approximate surface area is 126 Å². The Kier molecular flexibility index (Phi) is 4.52. The summed E-state index contributed by atoms with van der Waals surface area (Å²) in [6.07, 6.45) is 1.96. The Morgan fingerprint density at radius 2 is 2.20 bits per heavy atom. The molecule has 2 aromatic rings. The number of aromatic nitrogens is 2. The van der Waals surface area contributed by atoms with E-state index in [1.54, 1.807) is 29.1 Å². The first-order valence-electron chi connectivity index (χ1n) is 6.00. The van der Waals surface area contributed by atoms with E-state index in [9.17, 15) is 4.79 Å². The number of benzene rings is 1. The Bertz CT molecular complexity index is 620. The zero-order valence-electron chi connectivity index (χ0n) is 10.9. The van der Waals surface area contributed by atoms with E-state index in [2.05, 4.69) is 10.4 Å². The Morgan fingerprint density at radius 1 is 1.45 bits per heavy atom. The van der Waals surface area contributed by atoms with E-state index in [1.165, 1.54) is 0 Å². The van der Waals surface area contributed by atoms with Crippen molar-refractivity contribution in [2.45, 2.75) is 19.9 Å². The van der Waals surface area contributed by atoms with Crippen molar-refractivity contribution in [1.82, 2.24) is 9.78 Å². The molecule has 1 aromatic carbocycles. The van der Waals surface area contributed by atoms with Gasteiger partial charge in [0.25, 0.3) is 0 Å². The van der Waals surface area contributed by atoms with Crippen molar-refractivity contribution in [2.75, 3.05) is 11.1 Å². The zero-order valence-corrected chi connectivity index (χ0v) is 12.4. The molecule has 0 aliphatic heterocycles. The van der Waals surface area contributed by atoms with Crippen LogP contribution in [-0.2, 0) is 11.3 Å². The number of nitrogen functional groups attached to an aromatic ring is 1. The molecule has 0 radical (unpaired) electrons. The van der Waals surface area contributed by atoms with Gasteiger partial charge in [-0.05, 0) is 25.1 Å². The molecule has 7 heteroatoms. The molecule has 1 heterocycles. The third-order valence-corrected chi connectivity index (χ3v) is 3.35. The number of carbonyl (C=O) groups excluding carboxylic acids is 1. The first-order valence-corrected chi connectivity index (χ1v) is 6.75. The molecule has 0 fully saturated rings. The largest absolute Gasteiger partial charge is 0.397 e. The lowest BCUT2D eigenvalue weighted by Gasteiger charge is -2.08. The van der Waals surface area contributed by atoms with E-state index in [0.29, 0.717) is 28.0 Å². The number of hydrogen-bond acceptors (Lipinski definition) is 3. The average Bonchev–Trinajstić information content (AvgIpc) is 2.71. The highest BCUT2D eigenvalue weighted by Gasteiger charge is 2.08. The van der Waals surface area contributed by atoms with Gasteiger partial charge in [-0.15, -0.1) is 0 Å². The summed E-state index contributed by atoms with van der Waals surface area (Å²) in [5.74, 6) is -0.164. The fraction of sp³-hybridized carbons (Fsp3) is 0.231. The molecule has 0 bridgehead atoms. The van der Waals surface area contributed by atoms with Crippen molar-refractivity contribution in [1.29, 1.82) is 0 Å². The summed E-state index contributed by atoms with van der Waals surface area (Å²) in [7, 11) is 0. The van der Waals surface area contributed by atoms with E-state index < -0.39 is 0 Å². The van der Waals surface area contributed by atoms with Gasteiger partial charge in [-0.3, -0.25) is 9.48 Å². The Balaban J connectivity index is 1.94. The zero-order chi connectivity index (χ0) is 14.7. The van der Waals surface area contributed by atoms with Gasteiger partial charge in [0.05, 0.1) is 22.1 Å². The fourth-order valence-corrected chi connectivity index (χ4v) is 2.00. The summed E-state index contributed by atoms with van der Waals surface area (Å²) in [5.41, 5.74) is 7.49. The minimum Gasteiger partial charge on any atom is -0.397 e. The third-order valence-electron chi connectivity index (χ3n) is 2.74. The normalized spacial score (nSPS) is 10.6. The number of amides is 1. The number of aryl methyl sites for hydroxylation is 2. The molecule has 0 spiro atoms. The molecule has 1 amide bonds. The van der Waals surface area contributed by atoms with Crippen LogP contribution in [0.5, 0.6) is 0 Å². The van der Waals surface area contributed by atoms with Gasteiger partial charge in [0.1, 0.15) is 0 Å². The molecule has 5 nitrogen and oxygen atoms in total. The highest BCUT2D eigenvalue weighted by Crippen LogP contribution is 2.23. The summed E-state index contributed by atoms with van der Waals surface area (Å²) >= 11 is 11.8. The van der Waals surface area contributed by atoms with E-state index in [1.807, 2.05) is 6.92 Å². The van der Waals surface area contributed by atoms with Crippen LogP contribution in [0.15, 0.2) is 24.4 Å². The van der Waals surface area contributed by atoms with Crippen LogP contribution in [0.3, 0.4) is 0 Å². The number of carbonyl (C=O) groups is 1. The summed E-state index contributed by atoms with van der Waals surface area (Å²) in [6, 6.07) is 4.93. The van der Waals surface area contributed by atoms with Crippen molar-refractivity contribution in [3.05, 3.63) is 40.1 Å². The van der Waals surface area contributed by atoms with E-state index in [0.717, 1.165) is 5.69 Å². The molecule has 20 heavy (non-hydrogen) atoms. The number of hydrogen-bond donors (Lipinski definition) is 2. The second-order valence-electron chi connectivity index (χ2n) is 4.36. The van der Waals surface area contributed by atoms with Crippen LogP contribution in [-0.4, -0.2) is 15.7 Å². The molecular weight excluding hydrogens is 299 g/mol. The highest BCUT2D eigenvalue weighted by atomic mass is 35.5. The van der Waals surface area contributed by atoms with Gasteiger partial charge in [-0.25, -0.2) is 0 Å². The van der Waals surface area contributed by atoms with E-state index >= 15 is 0 Å². The average molecular weight is 313 g/mol. The van der Waals surface area contributed by atoms with Gasteiger partial charge in [0.15, 0.2) is 0 Å². The van der Waals surface area contributed by atoms with Crippen molar-refractivity contribution in [3.63, 3.8) is 0 Å². The Hall–Kier alpha value is -1.72. The van der Waals surface area contributed by atoms with Crippen LogP contribution < -0.4 is 11.1 Å². The summed E-state index contributed by atoms with van der Waals surface area (Å²) < 4.78 is 1.64. The predicted molar refractivity (Wildman–Crippen MR) is 81.1 cm³/mol. The SMILES string of the molecule is Cc1nn(CCC(=O)Nc2cc(Cl)ccc2N)cc1Cl. The highest BCUT2D eigenvalue weighted by molar-refractivity contribution is 6.31. The minimum atomic E-state index is -0.164. The van der Waals surface area contributed by atoms with Crippen LogP contribution in [0.1, 0.15) is 12.1 Å². The maximum Gasteiger partial charge on any atom is 0.226 e. The van der Waals surface area contributed by atoms with Gasteiger partial charge >= 0.3 is 0 Å². The number of rotatable bonds is 4. The van der Waals surface area contributed by atoms with Crippen molar-refractivity contribution in [3.8, 4) is 0 Å². The molecule has 0 atom stereocenters. The van der Waals surface area contributed by atoms with Gasteiger partial charge in [0.2, 0.25) is 5.91 Å². The van der Waals surface area contributed by atoms with Gasteiger partial charge in [-0.1, -0.05) is 23.2 Å². The molecule has 2 rings (SSSR count). The second kappa shape index (κ2) is 6.15. The standard InChI is InChI=1S/C13H14Cl2N4O/c1-8-10(15)7-19(18-8)5-4-13(20)17-12-6-9(14)2-3-11(12)16/h2-3,6-7H,4-5,16H2,1H3,(H,17,20). The monoisotopic (exact) mass is 312 g/mol. The van der Waals surface area contributed by atoms with Crippen molar-refractivity contribution in [2.24, 2.45) is 0 Å². The molecule has 0 aliphatic carbocycles. The number of nitrogens with zero attached hydrogens (tertiary/aromatic N) is 2. The molecule has 0 saturated carbocycles. The van der Waals surface area contributed by atoms with Gasteiger partial charge in [-0.2, -0.15) is 5.10 Å². The maximum atomic E-state index is 11.9. The number of nitrogens with two attached hydrogens (primary N) is 1. The van der Waals surface area contributed by atoms with Gasteiger partial charge < -0.3 is 11.1 Å². The van der Waals surface area contributed by atoms with E-state index in [-0.39, 0.29) is 12.3 Å². The first kappa shape index (κ1) is 14.7. The maximum absolute atomic E-state index is 11.9. The summed E-state index contributed by atoms with van der Waals surface area (Å²) in [4.78, 5) is 11.9.